The third kappa shape index (κ3) is 3.08. The van der Waals surface area contributed by atoms with E-state index < -0.39 is 5.97 Å². The molecule has 2 saturated heterocycles. The number of nitrogens with zero attached hydrogens (tertiary/aromatic N) is 2. The second kappa shape index (κ2) is 5.90. The van der Waals surface area contributed by atoms with Crippen LogP contribution >= 0.6 is 0 Å². The van der Waals surface area contributed by atoms with Crippen LogP contribution in [0.15, 0.2) is 0 Å². The van der Waals surface area contributed by atoms with Gasteiger partial charge in [0.2, 0.25) is 5.91 Å². The van der Waals surface area contributed by atoms with Crippen molar-refractivity contribution < 1.29 is 14.7 Å². The largest absolute Gasteiger partial charge is 0.481 e. The lowest BCUT2D eigenvalue weighted by Crippen LogP contribution is -2.48. The minimum atomic E-state index is -0.743. The number of aliphatic carboxylic acids is 1. The van der Waals surface area contributed by atoms with Gasteiger partial charge in [-0.3, -0.25) is 14.5 Å². The Hall–Kier alpha value is -1.10. The van der Waals surface area contributed by atoms with Gasteiger partial charge >= 0.3 is 5.97 Å². The smallest absolute Gasteiger partial charge is 0.308 e. The first-order valence-corrected chi connectivity index (χ1v) is 7.26. The van der Waals surface area contributed by atoms with E-state index in [2.05, 4.69) is 0 Å². The van der Waals surface area contributed by atoms with Crippen molar-refractivity contribution in [3.05, 3.63) is 0 Å². The molecule has 0 aromatic rings. The molecule has 0 bridgehead atoms. The third-order valence-corrected chi connectivity index (χ3v) is 4.53. The lowest BCUT2D eigenvalue weighted by molar-refractivity contribution is -0.143. The van der Waals surface area contributed by atoms with Crippen molar-refractivity contribution in [2.45, 2.75) is 39.2 Å². The molecular formula is C14H24N2O3. The molecule has 0 aromatic carbocycles. The van der Waals surface area contributed by atoms with E-state index in [0.717, 1.165) is 25.9 Å². The number of carbonyl (C=O) groups excluding carboxylic acids is 1. The second-order valence-electron chi connectivity index (χ2n) is 5.94. The van der Waals surface area contributed by atoms with Gasteiger partial charge in [0.05, 0.1) is 12.0 Å². The van der Waals surface area contributed by atoms with Crippen molar-refractivity contribution in [3.63, 3.8) is 0 Å². The molecule has 0 aromatic heterocycles. The maximum absolute atomic E-state index is 12.4. The normalized spacial score (nSPS) is 30.3. The minimum absolute atomic E-state index is 0.120. The zero-order valence-electron chi connectivity index (χ0n) is 11.8. The number of piperidine rings is 1. The molecule has 5 heteroatoms. The average Bonchev–Trinajstić information content (AvgIpc) is 2.80. The molecule has 1 unspecified atom stereocenters. The molecule has 2 heterocycles. The van der Waals surface area contributed by atoms with Crippen LogP contribution in [-0.4, -0.2) is 59.0 Å². The fourth-order valence-electron chi connectivity index (χ4n) is 3.18. The molecule has 2 rings (SSSR count). The van der Waals surface area contributed by atoms with Crippen LogP contribution in [0.4, 0.5) is 0 Å². The molecule has 0 spiro atoms. The van der Waals surface area contributed by atoms with Crippen LogP contribution in [-0.2, 0) is 9.59 Å². The standard InChI is InChI=1S/C14H24N2O3/c1-10-8-16(9-12(10)14(18)19)11(2)13(17)15-6-4-3-5-7-15/h10-12H,3-9H2,1-2H3,(H,18,19)/t10-,11?,12-/m1/s1. The number of carboxylic acid groups (broad SMARTS) is 1. The maximum Gasteiger partial charge on any atom is 0.308 e. The summed E-state index contributed by atoms with van der Waals surface area (Å²) in [5, 5.41) is 9.15. The molecule has 1 N–H and O–H groups in total. The van der Waals surface area contributed by atoms with Crippen molar-refractivity contribution >= 4 is 11.9 Å². The summed E-state index contributed by atoms with van der Waals surface area (Å²) in [5.41, 5.74) is 0. The number of carbonyl (C=O) groups is 2. The Morgan fingerprint density at radius 1 is 1.16 bits per heavy atom. The molecule has 19 heavy (non-hydrogen) atoms. The van der Waals surface area contributed by atoms with Gasteiger partial charge in [0.1, 0.15) is 0 Å². The van der Waals surface area contributed by atoms with Crippen molar-refractivity contribution in [2.24, 2.45) is 11.8 Å². The van der Waals surface area contributed by atoms with Gasteiger partial charge in [-0.25, -0.2) is 0 Å². The van der Waals surface area contributed by atoms with Crippen LogP contribution in [0.25, 0.3) is 0 Å². The van der Waals surface area contributed by atoms with Gasteiger partial charge in [0.15, 0.2) is 0 Å². The van der Waals surface area contributed by atoms with E-state index in [1.165, 1.54) is 6.42 Å². The lowest BCUT2D eigenvalue weighted by atomic mass is 9.99. The number of amides is 1. The first-order valence-electron chi connectivity index (χ1n) is 7.26. The van der Waals surface area contributed by atoms with Crippen molar-refractivity contribution in [2.75, 3.05) is 26.2 Å². The van der Waals surface area contributed by atoms with E-state index in [-0.39, 0.29) is 23.8 Å². The molecule has 3 atom stereocenters. The lowest BCUT2D eigenvalue weighted by Gasteiger charge is -2.32. The summed E-state index contributed by atoms with van der Waals surface area (Å²) in [6, 6.07) is -0.190. The summed E-state index contributed by atoms with van der Waals surface area (Å²) >= 11 is 0. The quantitative estimate of drug-likeness (QED) is 0.831. The van der Waals surface area contributed by atoms with Crippen LogP contribution in [0.3, 0.4) is 0 Å². The van der Waals surface area contributed by atoms with Gasteiger partial charge in [-0.1, -0.05) is 6.92 Å². The van der Waals surface area contributed by atoms with Crippen LogP contribution in [0, 0.1) is 11.8 Å². The zero-order valence-corrected chi connectivity index (χ0v) is 11.8. The Morgan fingerprint density at radius 2 is 1.79 bits per heavy atom. The van der Waals surface area contributed by atoms with E-state index in [1.54, 1.807) is 0 Å². The molecule has 0 aliphatic carbocycles. The Balaban J connectivity index is 1.94. The predicted octanol–water partition coefficient (Wildman–Crippen LogP) is 1.04. The van der Waals surface area contributed by atoms with Crippen LogP contribution in [0.5, 0.6) is 0 Å². The summed E-state index contributed by atoms with van der Waals surface area (Å²) in [7, 11) is 0. The highest BCUT2D eigenvalue weighted by Gasteiger charge is 2.39. The van der Waals surface area contributed by atoms with E-state index in [9.17, 15) is 9.59 Å². The van der Waals surface area contributed by atoms with Crippen molar-refractivity contribution in [1.29, 1.82) is 0 Å². The van der Waals surface area contributed by atoms with Gasteiger partial charge in [-0.15, -0.1) is 0 Å². The minimum Gasteiger partial charge on any atom is -0.481 e. The summed E-state index contributed by atoms with van der Waals surface area (Å²) in [6.07, 6.45) is 3.39. The first-order chi connectivity index (χ1) is 9.00. The van der Waals surface area contributed by atoms with Gasteiger partial charge in [0.25, 0.3) is 0 Å². The molecule has 0 saturated carbocycles. The molecule has 1 amide bonds. The van der Waals surface area contributed by atoms with E-state index in [4.69, 9.17) is 5.11 Å². The highest BCUT2D eigenvalue weighted by Crippen LogP contribution is 2.25. The maximum atomic E-state index is 12.4. The molecule has 2 aliphatic rings. The Bertz CT molecular complexity index is 353. The fourth-order valence-corrected chi connectivity index (χ4v) is 3.18. The van der Waals surface area contributed by atoms with Gasteiger partial charge in [0, 0.05) is 26.2 Å². The van der Waals surface area contributed by atoms with Crippen molar-refractivity contribution in [3.8, 4) is 0 Å². The molecule has 5 nitrogen and oxygen atoms in total. The summed E-state index contributed by atoms with van der Waals surface area (Å²) in [4.78, 5) is 27.5. The first kappa shape index (κ1) is 14.3. The number of hydrogen-bond acceptors (Lipinski definition) is 3. The molecule has 2 aliphatic heterocycles. The van der Waals surface area contributed by atoms with Crippen LogP contribution in [0.1, 0.15) is 33.1 Å². The topological polar surface area (TPSA) is 60.9 Å². The number of hydrogen-bond donors (Lipinski definition) is 1. The van der Waals surface area contributed by atoms with Crippen LogP contribution in [0.2, 0.25) is 0 Å². The SMILES string of the molecule is CC(C(=O)N1CCCCC1)N1C[C@@H](C)[C@H](C(=O)O)C1. The fraction of sp³-hybridized carbons (Fsp3) is 0.857. The number of rotatable bonds is 3. The highest BCUT2D eigenvalue weighted by molar-refractivity contribution is 5.82. The molecular weight excluding hydrogens is 244 g/mol. The van der Waals surface area contributed by atoms with Crippen LogP contribution < -0.4 is 0 Å². The van der Waals surface area contributed by atoms with Gasteiger partial charge in [-0.05, 0) is 32.1 Å². The monoisotopic (exact) mass is 268 g/mol. The third-order valence-electron chi connectivity index (χ3n) is 4.53. The van der Waals surface area contributed by atoms with E-state index in [1.807, 2.05) is 23.6 Å². The Kier molecular flexibility index (Phi) is 4.45. The van der Waals surface area contributed by atoms with Gasteiger partial charge < -0.3 is 10.0 Å². The van der Waals surface area contributed by atoms with Crippen molar-refractivity contribution in [1.82, 2.24) is 9.80 Å². The zero-order chi connectivity index (χ0) is 14.0. The van der Waals surface area contributed by atoms with E-state index in [0.29, 0.717) is 13.1 Å². The second-order valence-corrected chi connectivity index (χ2v) is 5.94. The predicted molar refractivity (Wildman–Crippen MR) is 71.8 cm³/mol. The Morgan fingerprint density at radius 3 is 2.32 bits per heavy atom. The summed E-state index contributed by atoms with van der Waals surface area (Å²) in [6.45, 7) is 6.78. The van der Waals surface area contributed by atoms with Gasteiger partial charge in [-0.2, -0.15) is 0 Å². The summed E-state index contributed by atoms with van der Waals surface area (Å²) in [5.74, 6) is -0.795. The van der Waals surface area contributed by atoms with E-state index >= 15 is 0 Å². The highest BCUT2D eigenvalue weighted by atomic mass is 16.4. The number of carboxylic acids is 1. The molecule has 108 valence electrons. The number of likely N-dealkylation sites (tertiary alicyclic amines) is 2. The summed E-state index contributed by atoms with van der Waals surface area (Å²) < 4.78 is 0. The average molecular weight is 268 g/mol. The molecule has 0 radical (unpaired) electrons. The molecule has 2 fully saturated rings. The Labute approximate surface area is 114 Å².